The average molecular weight is 289 g/mol. The van der Waals surface area contributed by atoms with Crippen molar-refractivity contribution in [3.05, 3.63) is 12.5 Å². The van der Waals surface area contributed by atoms with Gasteiger partial charge < -0.3 is 10.1 Å². The van der Waals surface area contributed by atoms with E-state index in [2.05, 4.69) is 14.7 Å². The molecule has 0 radical (unpaired) electrons. The van der Waals surface area contributed by atoms with Crippen LogP contribution in [-0.4, -0.2) is 36.0 Å². The number of H-pyrrole nitrogens is 1. The Hall–Kier alpha value is -1.41. The second-order valence-corrected chi connectivity index (χ2v) is 6.04. The molecule has 8 heteroatoms. The van der Waals surface area contributed by atoms with Crippen molar-refractivity contribution < 1.29 is 18.3 Å². The van der Waals surface area contributed by atoms with Gasteiger partial charge in [-0.3, -0.25) is 4.79 Å². The van der Waals surface area contributed by atoms with Crippen LogP contribution in [0.3, 0.4) is 0 Å². The summed E-state index contributed by atoms with van der Waals surface area (Å²) in [6, 6.07) is 0. The second kappa shape index (κ2) is 7.25. The number of aromatic nitrogens is 2. The Bertz CT molecular complexity index is 484. The van der Waals surface area contributed by atoms with E-state index >= 15 is 0 Å². The molecule has 7 nitrogen and oxygen atoms in total. The molecule has 1 rings (SSSR count). The van der Waals surface area contributed by atoms with E-state index < -0.39 is 16.0 Å². The van der Waals surface area contributed by atoms with Crippen LogP contribution in [0, 0.1) is 5.92 Å². The van der Waals surface area contributed by atoms with Crippen molar-refractivity contribution in [1.29, 1.82) is 0 Å². The monoisotopic (exact) mass is 289 g/mol. The Kier molecular flexibility index (Phi) is 5.97. The molecule has 0 saturated heterocycles. The molecule has 1 atom stereocenters. The van der Waals surface area contributed by atoms with Gasteiger partial charge in [-0.25, -0.2) is 18.1 Å². The number of sulfonamides is 1. The molecule has 0 amide bonds. The number of aliphatic carboxylic acids is 1. The molecular formula is C11H19N3O4S. The first-order valence-corrected chi connectivity index (χ1v) is 7.64. The molecule has 0 bridgehead atoms. The summed E-state index contributed by atoms with van der Waals surface area (Å²) in [5.41, 5.74) is 0. The van der Waals surface area contributed by atoms with Crippen LogP contribution in [0.1, 0.15) is 32.6 Å². The first kappa shape index (κ1) is 15.6. The number of aromatic amines is 1. The lowest BCUT2D eigenvalue weighted by atomic mass is 9.97. The Morgan fingerprint density at radius 2 is 2.26 bits per heavy atom. The Balaban J connectivity index is 2.38. The highest BCUT2D eigenvalue weighted by Crippen LogP contribution is 2.15. The smallest absolute Gasteiger partial charge is 0.303 e. The highest BCUT2D eigenvalue weighted by atomic mass is 32.2. The SMILES string of the molecule is CCC(CCNS(=O)(=O)c1cnc[nH]1)CCC(=O)O. The first-order valence-electron chi connectivity index (χ1n) is 6.15. The predicted molar refractivity (Wildman–Crippen MR) is 69.0 cm³/mol. The molecule has 1 unspecified atom stereocenters. The number of imidazole rings is 1. The summed E-state index contributed by atoms with van der Waals surface area (Å²) < 4.78 is 26.0. The van der Waals surface area contributed by atoms with E-state index in [1.807, 2.05) is 6.92 Å². The predicted octanol–water partition coefficient (Wildman–Crippen LogP) is 0.969. The lowest BCUT2D eigenvalue weighted by Gasteiger charge is -2.13. The zero-order valence-corrected chi connectivity index (χ0v) is 11.6. The van der Waals surface area contributed by atoms with Gasteiger partial charge in [-0.2, -0.15) is 0 Å². The van der Waals surface area contributed by atoms with E-state index in [1.54, 1.807) is 0 Å². The Labute approximate surface area is 112 Å². The molecule has 1 heterocycles. The highest BCUT2D eigenvalue weighted by Gasteiger charge is 2.16. The Morgan fingerprint density at radius 3 is 2.79 bits per heavy atom. The van der Waals surface area contributed by atoms with Crippen LogP contribution < -0.4 is 4.72 Å². The van der Waals surface area contributed by atoms with Gasteiger partial charge in [-0.05, 0) is 18.8 Å². The minimum Gasteiger partial charge on any atom is -0.481 e. The highest BCUT2D eigenvalue weighted by molar-refractivity contribution is 7.89. The molecule has 0 aliphatic rings. The summed E-state index contributed by atoms with van der Waals surface area (Å²) in [5.74, 6) is -0.614. The van der Waals surface area contributed by atoms with Crippen LogP contribution in [0.4, 0.5) is 0 Å². The van der Waals surface area contributed by atoms with Gasteiger partial charge in [0, 0.05) is 13.0 Å². The van der Waals surface area contributed by atoms with Crippen LogP contribution in [0.15, 0.2) is 17.6 Å². The van der Waals surface area contributed by atoms with E-state index in [9.17, 15) is 13.2 Å². The fourth-order valence-corrected chi connectivity index (χ4v) is 2.69. The zero-order valence-electron chi connectivity index (χ0n) is 10.8. The summed E-state index contributed by atoms with van der Waals surface area (Å²) in [5, 5.41) is 8.65. The van der Waals surface area contributed by atoms with Gasteiger partial charge in [-0.1, -0.05) is 13.3 Å². The quantitative estimate of drug-likeness (QED) is 0.627. The molecule has 108 valence electrons. The third kappa shape index (κ3) is 5.39. The maximum Gasteiger partial charge on any atom is 0.303 e. The molecule has 0 aromatic carbocycles. The number of nitrogens with zero attached hydrogens (tertiary/aromatic N) is 1. The van der Waals surface area contributed by atoms with Crippen molar-refractivity contribution in [3.63, 3.8) is 0 Å². The molecule has 1 aromatic rings. The standard InChI is InChI=1S/C11H19N3O4S/c1-2-9(3-4-11(15)16)5-6-14-19(17,18)10-7-12-8-13-10/h7-9,14H,2-6H2,1H3,(H,12,13)(H,15,16). The third-order valence-electron chi connectivity index (χ3n) is 2.95. The van der Waals surface area contributed by atoms with Crippen molar-refractivity contribution in [2.75, 3.05) is 6.54 Å². The number of hydrogen-bond acceptors (Lipinski definition) is 4. The van der Waals surface area contributed by atoms with E-state index in [0.717, 1.165) is 6.42 Å². The van der Waals surface area contributed by atoms with Crippen molar-refractivity contribution in [2.45, 2.75) is 37.6 Å². The zero-order chi connectivity index (χ0) is 14.3. The lowest BCUT2D eigenvalue weighted by molar-refractivity contribution is -0.137. The molecule has 19 heavy (non-hydrogen) atoms. The van der Waals surface area contributed by atoms with Crippen molar-refractivity contribution in [3.8, 4) is 0 Å². The van der Waals surface area contributed by atoms with Crippen molar-refractivity contribution in [1.82, 2.24) is 14.7 Å². The van der Waals surface area contributed by atoms with E-state index in [0.29, 0.717) is 19.4 Å². The topological polar surface area (TPSA) is 112 Å². The molecule has 3 N–H and O–H groups in total. The van der Waals surface area contributed by atoms with Gasteiger partial charge in [0.25, 0.3) is 10.0 Å². The molecule has 0 spiro atoms. The summed E-state index contributed by atoms with van der Waals surface area (Å²) in [6.45, 7) is 2.26. The van der Waals surface area contributed by atoms with Crippen LogP contribution in [0.25, 0.3) is 0 Å². The molecule has 0 aliphatic carbocycles. The lowest BCUT2D eigenvalue weighted by Crippen LogP contribution is -2.26. The fraction of sp³-hybridized carbons (Fsp3) is 0.636. The summed E-state index contributed by atoms with van der Waals surface area (Å²) >= 11 is 0. The molecular weight excluding hydrogens is 270 g/mol. The van der Waals surface area contributed by atoms with E-state index in [4.69, 9.17) is 5.11 Å². The van der Waals surface area contributed by atoms with Gasteiger partial charge in [0.2, 0.25) is 0 Å². The summed E-state index contributed by atoms with van der Waals surface area (Å²) in [6.07, 6.45) is 4.68. The molecule has 1 aromatic heterocycles. The number of carboxylic acids is 1. The normalized spacial score (nSPS) is 13.3. The largest absolute Gasteiger partial charge is 0.481 e. The maximum atomic E-state index is 11.8. The van der Waals surface area contributed by atoms with Gasteiger partial charge in [0.1, 0.15) is 0 Å². The number of carbonyl (C=O) groups is 1. The maximum absolute atomic E-state index is 11.8. The fourth-order valence-electron chi connectivity index (χ4n) is 1.75. The minimum atomic E-state index is -3.54. The van der Waals surface area contributed by atoms with Gasteiger partial charge in [0.15, 0.2) is 5.03 Å². The number of hydrogen-bond donors (Lipinski definition) is 3. The van der Waals surface area contributed by atoms with Crippen LogP contribution in [0.2, 0.25) is 0 Å². The van der Waals surface area contributed by atoms with Gasteiger partial charge >= 0.3 is 5.97 Å². The van der Waals surface area contributed by atoms with Crippen molar-refractivity contribution in [2.24, 2.45) is 5.92 Å². The third-order valence-corrected chi connectivity index (χ3v) is 4.34. The summed E-state index contributed by atoms with van der Waals surface area (Å²) in [4.78, 5) is 16.7. The van der Waals surface area contributed by atoms with Crippen LogP contribution in [-0.2, 0) is 14.8 Å². The minimum absolute atomic E-state index is 0.0334. The van der Waals surface area contributed by atoms with Crippen LogP contribution >= 0.6 is 0 Å². The first-order chi connectivity index (χ1) is 8.95. The second-order valence-electron chi connectivity index (χ2n) is 4.31. The molecule has 0 saturated carbocycles. The van der Waals surface area contributed by atoms with Gasteiger partial charge in [-0.15, -0.1) is 0 Å². The molecule has 0 aliphatic heterocycles. The average Bonchev–Trinajstić information content (AvgIpc) is 2.87. The van der Waals surface area contributed by atoms with E-state index in [1.165, 1.54) is 12.5 Å². The Morgan fingerprint density at radius 1 is 1.53 bits per heavy atom. The number of nitrogens with one attached hydrogen (secondary N) is 2. The van der Waals surface area contributed by atoms with Gasteiger partial charge in [0.05, 0.1) is 12.5 Å². The van der Waals surface area contributed by atoms with Crippen LogP contribution in [0.5, 0.6) is 0 Å². The number of rotatable bonds is 9. The summed E-state index contributed by atoms with van der Waals surface area (Å²) in [7, 11) is -3.54. The molecule has 0 fully saturated rings. The number of carboxylic acid groups (broad SMARTS) is 1. The van der Waals surface area contributed by atoms with Crippen molar-refractivity contribution >= 4 is 16.0 Å². The van der Waals surface area contributed by atoms with E-state index in [-0.39, 0.29) is 17.4 Å².